The van der Waals surface area contributed by atoms with Crippen molar-refractivity contribution in [3.8, 4) is 5.75 Å². The van der Waals surface area contributed by atoms with Gasteiger partial charge < -0.3 is 14.5 Å². The minimum atomic E-state index is 0.106. The molecule has 0 aliphatic carbocycles. The zero-order chi connectivity index (χ0) is 19.4. The number of benzene rings is 2. The lowest BCUT2D eigenvalue weighted by molar-refractivity contribution is -0.127. The van der Waals surface area contributed by atoms with Crippen molar-refractivity contribution in [2.45, 2.75) is 19.3 Å². The number of nitrogens with zero attached hydrogens (tertiary/aromatic N) is 2. The van der Waals surface area contributed by atoms with Crippen LogP contribution in [0, 0.1) is 0 Å². The van der Waals surface area contributed by atoms with E-state index in [2.05, 4.69) is 55.4 Å². The Morgan fingerprint density at radius 1 is 1.07 bits per heavy atom. The summed E-state index contributed by atoms with van der Waals surface area (Å²) in [6.45, 7) is 0.980. The third-order valence-electron chi connectivity index (χ3n) is 4.77. The zero-order valence-corrected chi connectivity index (χ0v) is 16.7. The molecule has 0 aromatic heterocycles. The highest BCUT2D eigenvalue weighted by Gasteiger charge is 2.19. The van der Waals surface area contributed by atoms with Gasteiger partial charge in [-0.25, -0.2) is 0 Å². The van der Waals surface area contributed by atoms with Crippen molar-refractivity contribution in [3.05, 3.63) is 70.8 Å². The van der Waals surface area contributed by atoms with Crippen LogP contribution in [0.15, 0.2) is 48.5 Å². The second-order valence-electron chi connectivity index (χ2n) is 7.50. The Labute approximate surface area is 162 Å². The lowest BCUT2D eigenvalue weighted by atomic mass is 9.97. The fourth-order valence-electron chi connectivity index (χ4n) is 3.21. The summed E-state index contributed by atoms with van der Waals surface area (Å²) in [5.41, 5.74) is 4.55. The van der Waals surface area contributed by atoms with Gasteiger partial charge in [-0.05, 0) is 49.3 Å². The van der Waals surface area contributed by atoms with Crippen LogP contribution in [0.3, 0.4) is 0 Å². The molecule has 2 aromatic carbocycles. The molecule has 1 amide bonds. The normalized spacial score (nSPS) is 14.3. The maximum absolute atomic E-state index is 12.1. The van der Waals surface area contributed by atoms with Gasteiger partial charge in [-0.15, -0.1) is 0 Å². The molecule has 3 rings (SSSR count). The third-order valence-corrected chi connectivity index (χ3v) is 4.77. The van der Waals surface area contributed by atoms with E-state index in [1.165, 1.54) is 5.56 Å². The van der Waals surface area contributed by atoms with Crippen LogP contribution in [-0.2, 0) is 17.6 Å². The number of rotatable bonds is 5. The van der Waals surface area contributed by atoms with E-state index in [9.17, 15) is 4.79 Å². The van der Waals surface area contributed by atoms with E-state index in [0.29, 0.717) is 6.42 Å². The molecule has 0 saturated carbocycles. The maximum atomic E-state index is 12.1. The smallest absolute Gasteiger partial charge is 0.226 e. The minimum absolute atomic E-state index is 0.106. The summed E-state index contributed by atoms with van der Waals surface area (Å²) in [6, 6.07) is 14.5. The molecule has 0 spiro atoms. The fourth-order valence-corrected chi connectivity index (χ4v) is 3.21. The molecule has 4 nitrogen and oxygen atoms in total. The number of ether oxygens (including phenoxy) is 1. The molecule has 142 valence electrons. The number of amides is 1. The Morgan fingerprint density at radius 2 is 1.85 bits per heavy atom. The molecule has 2 aromatic rings. The van der Waals surface area contributed by atoms with Gasteiger partial charge in [-0.3, -0.25) is 4.79 Å². The number of carbonyl (C=O) groups is 1. The first-order valence-electron chi connectivity index (χ1n) is 9.37. The van der Waals surface area contributed by atoms with Crippen LogP contribution in [-0.4, -0.2) is 50.4 Å². The summed E-state index contributed by atoms with van der Waals surface area (Å²) in [4.78, 5) is 15.8. The van der Waals surface area contributed by atoms with Crippen LogP contribution in [0.4, 0.5) is 0 Å². The van der Waals surface area contributed by atoms with Crippen LogP contribution < -0.4 is 4.74 Å². The summed E-state index contributed by atoms with van der Waals surface area (Å²) in [7, 11) is 7.73. The summed E-state index contributed by atoms with van der Waals surface area (Å²) >= 11 is 0. The van der Waals surface area contributed by atoms with E-state index in [0.717, 1.165) is 47.6 Å². The van der Waals surface area contributed by atoms with E-state index in [1.807, 2.05) is 12.1 Å². The molecule has 27 heavy (non-hydrogen) atoms. The zero-order valence-electron chi connectivity index (χ0n) is 16.7. The Morgan fingerprint density at radius 3 is 2.59 bits per heavy atom. The largest absolute Gasteiger partial charge is 0.457 e. The molecule has 1 heterocycles. The van der Waals surface area contributed by atoms with E-state index in [-0.39, 0.29) is 5.91 Å². The molecule has 0 radical (unpaired) electrons. The first-order chi connectivity index (χ1) is 12.9. The number of carbonyl (C=O) groups excluding carboxylic acids is 1. The van der Waals surface area contributed by atoms with Crippen molar-refractivity contribution in [1.82, 2.24) is 9.80 Å². The van der Waals surface area contributed by atoms with Crippen LogP contribution in [0.25, 0.3) is 5.76 Å². The quantitative estimate of drug-likeness (QED) is 0.813. The van der Waals surface area contributed by atoms with Crippen LogP contribution in [0.1, 0.15) is 28.7 Å². The molecule has 0 unspecified atom stereocenters. The Balaban J connectivity index is 1.93. The van der Waals surface area contributed by atoms with Gasteiger partial charge in [-0.2, -0.15) is 0 Å². The predicted octanol–water partition coefficient (Wildman–Crippen LogP) is 3.59. The lowest BCUT2D eigenvalue weighted by Crippen LogP contribution is -2.23. The first kappa shape index (κ1) is 19.2. The number of hydrogen-bond donors (Lipinski definition) is 0. The SMILES string of the molecule is CN(C)CC/C=C1\Oc2ccc(CC(=O)N(C)C)cc2Cc2ccccc21. The number of hydrogen-bond acceptors (Lipinski definition) is 3. The molecule has 4 heteroatoms. The van der Waals surface area contributed by atoms with Crippen molar-refractivity contribution in [1.29, 1.82) is 0 Å². The van der Waals surface area contributed by atoms with Crippen LogP contribution in [0.5, 0.6) is 5.75 Å². The molecule has 1 aliphatic rings. The molecule has 1 aliphatic heterocycles. The third kappa shape index (κ3) is 4.77. The van der Waals surface area contributed by atoms with Gasteiger partial charge in [0.15, 0.2) is 0 Å². The summed E-state index contributed by atoms with van der Waals surface area (Å²) in [6.07, 6.45) is 4.33. The van der Waals surface area contributed by atoms with Gasteiger partial charge in [0.2, 0.25) is 5.91 Å². The molecule has 0 fully saturated rings. The fraction of sp³-hybridized carbons (Fsp3) is 0.348. The van der Waals surface area contributed by atoms with Crippen LogP contribution in [0.2, 0.25) is 0 Å². The summed E-state index contributed by atoms with van der Waals surface area (Å²) in [5, 5.41) is 0. The van der Waals surface area contributed by atoms with Crippen molar-refractivity contribution < 1.29 is 9.53 Å². The molecule has 0 saturated heterocycles. The molecular formula is C23H28N2O2. The maximum Gasteiger partial charge on any atom is 0.226 e. The number of fused-ring (bicyclic) bond motifs is 2. The van der Waals surface area contributed by atoms with Gasteiger partial charge in [0.25, 0.3) is 0 Å². The second-order valence-corrected chi connectivity index (χ2v) is 7.50. The minimum Gasteiger partial charge on any atom is -0.457 e. The van der Waals surface area contributed by atoms with E-state index in [1.54, 1.807) is 19.0 Å². The average molecular weight is 364 g/mol. The second kappa shape index (κ2) is 8.40. The Bertz CT molecular complexity index is 853. The van der Waals surface area contributed by atoms with E-state index >= 15 is 0 Å². The molecule has 0 atom stereocenters. The Kier molecular flexibility index (Phi) is 5.97. The monoisotopic (exact) mass is 364 g/mol. The van der Waals surface area contributed by atoms with Crippen molar-refractivity contribution >= 4 is 11.7 Å². The average Bonchev–Trinajstić information content (AvgIpc) is 2.77. The van der Waals surface area contributed by atoms with E-state index in [4.69, 9.17) is 4.74 Å². The van der Waals surface area contributed by atoms with E-state index < -0.39 is 0 Å². The highest BCUT2D eigenvalue weighted by atomic mass is 16.5. The lowest BCUT2D eigenvalue weighted by Gasteiger charge is -2.13. The predicted molar refractivity (Wildman–Crippen MR) is 110 cm³/mol. The molecule has 0 bridgehead atoms. The summed E-state index contributed by atoms with van der Waals surface area (Å²) < 4.78 is 6.32. The highest BCUT2D eigenvalue weighted by Crippen LogP contribution is 2.34. The van der Waals surface area contributed by atoms with Gasteiger partial charge in [0.1, 0.15) is 11.5 Å². The topological polar surface area (TPSA) is 32.8 Å². The highest BCUT2D eigenvalue weighted by molar-refractivity contribution is 5.78. The molecule has 0 N–H and O–H groups in total. The van der Waals surface area contributed by atoms with Gasteiger partial charge in [0, 0.05) is 32.6 Å². The van der Waals surface area contributed by atoms with Crippen molar-refractivity contribution in [2.24, 2.45) is 0 Å². The standard InChI is InChI=1S/C23H28N2O2/c1-24(2)13-7-10-22-20-9-6-5-8-18(20)16-19-14-17(11-12-21(19)27-22)15-23(26)25(3)4/h5-6,8-12,14H,7,13,15-16H2,1-4H3/b22-10-. The molecular weight excluding hydrogens is 336 g/mol. The van der Waals surface area contributed by atoms with Crippen LogP contribution >= 0.6 is 0 Å². The van der Waals surface area contributed by atoms with Gasteiger partial charge in [0.05, 0.1) is 6.42 Å². The van der Waals surface area contributed by atoms with Gasteiger partial charge >= 0.3 is 0 Å². The van der Waals surface area contributed by atoms with Crippen molar-refractivity contribution in [2.75, 3.05) is 34.7 Å². The Hall–Kier alpha value is -2.59. The van der Waals surface area contributed by atoms with Gasteiger partial charge in [-0.1, -0.05) is 36.4 Å². The summed E-state index contributed by atoms with van der Waals surface area (Å²) in [5.74, 6) is 1.90. The first-order valence-corrected chi connectivity index (χ1v) is 9.37. The number of likely N-dealkylation sites (N-methyl/N-ethyl adjacent to an activating group) is 1. The van der Waals surface area contributed by atoms with Crippen molar-refractivity contribution in [3.63, 3.8) is 0 Å².